The number of rotatable bonds is 1. The van der Waals surface area contributed by atoms with E-state index in [1.807, 2.05) is 22.6 Å². The molecule has 60 valence electrons. The van der Waals surface area contributed by atoms with Gasteiger partial charge in [-0.1, -0.05) is 0 Å². The third kappa shape index (κ3) is 1.68. The molecule has 0 atom stereocenters. The summed E-state index contributed by atoms with van der Waals surface area (Å²) in [6.45, 7) is 0. The molecule has 0 heterocycles. The van der Waals surface area contributed by atoms with Crippen LogP contribution in [0.15, 0.2) is 12.1 Å². The molecule has 0 aliphatic rings. The first kappa shape index (κ1) is 8.45. The summed E-state index contributed by atoms with van der Waals surface area (Å²) in [7, 11) is 1.39. The van der Waals surface area contributed by atoms with Gasteiger partial charge < -0.3 is 14.9 Å². The van der Waals surface area contributed by atoms with E-state index < -0.39 is 0 Å². The molecule has 0 fully saturated rings. The van der Waals surface area contributed by atoms with Gasteiger partial charge >= 0.3 is 0 Å². The lowest BCUT2D eigenvalue weighted by atomic mass is 10.3. The van der Waals surface area contributed by atoms with Crippen molar-refractivity contribution in [1.82, 2.24) is 0 Å². The Morgan fingerprint density at radius 2 is 1.73 bits per heavy atom. The number of phenols is 2. The summed E-state index contributed by atoms with van der Waals surface area (Å²) < 4.78 is 5.49. The van der Waals surface area contributed by atoms with E-state index in [2.05, 4.69) is 0 Å². The van der Waals surface area contributed by atoms with Crippen molar-refractivity contribution in [3.8, 4) is 17.2 Å². The van der Waals surface area contributed by atoms with Crippen molar-refractivity contribution in [2.75, 3.05) is 7.11 Å². The third-order valence-corrected chi connectivity index (χ3v) is 1.84. The van der Waals surface area contributed by atoms with Gasteiger partial charge in [0.15, 0.2) is 11.5 Å². The molecule has 0 unspecified atom stereocenters. The highest BCUT2D eigenvalue weighted by Crippen LogP contribution is 2.36. The van der Waals surface area contributed by atoms with Gasteiger partial charge in [-0.2, -0.15) is 0 Å². The van der Waals surface area contributed by atoms with Crippen molar-refractivity contribution in [3.05, 3.63) is 15.7 Å². The molecule has 1 aromatic carbocycles. The Hall–Kier alpha value is -0.650. The molecule has 0 aliphatic heterocycles. The van der Waals surface area contributed by atoms with Gasteiger partial charge in [0.1, 0.15) is 0 Å². The Kier molecular flexibility index (Phi) is 2.43. The first-order valence-electron chi connectivity index (χ1n) is 2.90. The topological polar surface area (TPSA) is 49.7 Å². The SMILES string of the molecule is COc1c(O)cc(I)cc1O. The molecule has 0 amide bonds. The first-order valence-corrected chi connectivity index (χ1v) is 3.98. The second-order valence-corrected chi connectivity index (χ2v) is 3.22. The van der Waals surface area contributed by atoms with Gasteiger partial charge in [-0.05, 0) is 34.7 Å². The molecule has 0 aliphatic carbocycles. The van der Waals surface area contributed by atoms with E-state index in [0.29, 0.717) is 0 Å². The fourth-order valence-corrected chi connectivity index (χ4v) is 1.36. The van der Waals surface area contributed by atoms with E-state index in [-0.39, 0.29) is 17.2 Å². The molecular formula is C7H7IO3. The van der Waals surface area contributed by atoms with Gasteiger partial charge in [-0.15, -0.1) is 0 Å². The maximum absolute atomic E-state index is 9.18. The quantitative estimate of drug-likeness (QED) is 0.761. The van der Waals surface area contributed by atoms with Crippen LogP contribution in [0.5, 0.6) is 17.2 Å². The number of benzene rings is 1. The summed E-state index contributed by atoms with van der Waals surface area (Å²) in [5.74, 6) is 0.0271. The molecule has 0 spiro atoms. The van der Waals surface area contributed by atoms with E-state index >= 15 is 0 Å². The van der Waals surface area contributed by atoms with Crippen LogP contribution >= 0.6 is 22.6 Å². The summed E-state index contributed by atoms with van der Waals surface area (Å²) in [5.41, 5.74) is 0. The Morgan fingerprint density at radius 3 is 2.09 bits per heavy atom. The minimum Gasteiger partial charge on any atom is -0.504 e. The van der Waals surface area contributed by atoms with Gasteiger partial charge in [0.2, 0.25) is 5.75 Å². The lowest BCUT2D eigenvalue weighted by Gasteiger charge is -2.05. The summed E-state index contributed by atoms with van der Waals surface area (Å²) in [6.07, 6.45) is 0. The Labute approximate surface area is 77.8 Å². The van der Waals surface area contributed by atoms with Crippen molar-refractivity contribution < 1.29 is 14.9 Å². The van der Waals surface area contributed by atoms with Crippen molar-refractivity contribution in [1.29, 1.82) is 0 Å². The number of ether oxygens (including phenoxy) is 1. The van der Waals surface area contributed by atoms with Gasteiger partial charge in [0.05, 0.1) is 7.11 Å². The number of hydrogen-bond acceptors (Lipinski definition) is 3. The number of aromatic hydroxyl groups is 2. The zero-order valence-corrected chi connectivity index (χ0v) is 7.99. The average molecular weight is 266 g/mol. The van der Waals surface area contributed by atoms with Crippen LogP contribution in [-0.4, -0.2) is 17.3 Å². The smallest absolute Gasteiger partial charge is 0.202 e. The maximum Gasteiger partial charge on any atom is 0.202 e. The minimum absolute atomic E-state index is 0.0445. The normalized spacial score (nSPS) is 9.64. The molecule has 0 bridgehead atoms. The van der Waals surface area contributed by atoms with E-state index in [1.54, 1.807) is 0 Å². The number of halogens is 1. The van der Waals surface area contributed by atoms with Crippen LogP contribution in [0.3, 0.4) is 0 Å². The maximum atomic E-state index is 9.18. The molecule has 2 N–H and O–H groups in total. The number of hydrogen-bond donors (Lipinski definition) is 2. The molecule has 1 aromatic rings. The van der Waals surface area contributed by atoms with Gasteiger partial charge in [0.25, 0.3) is 0 Å². The van der Waals surface area contributed by atoms with Crippen LogP contribution in [-0.2, 0) is 0 Å². The van der Waals surface area contributed by atoms with Crippen LogP contribution in [0, 0.1) is 3.57 Å². The first-order chi connectivity index (χ1) is 5.15. The van der Waals surface area contributed by atoms with E-state index in [4.69, 9.17) is 4.74 Å². The highest BCUT2D eigenvalue weighted by molar-refractivity contribution is 14.1. The summed E-state index contributed by atoms with van der Waals surface area (Å²) in [5, 5.41) is 18.4. The molecule has 0 aromatic heterocycles. The van der Waals surface area contributed by atoms with Gasteiger partial charge in [0, 0.05) is 3.57 Å². The van der Waals surface area contributed by atoms with Crippen molar-refractivity contribution in [2.45, 2.75) is 0 Å². The molecule has 0 radical (unpaired) electrons. The zero-order chi connectivity index (χ0) is 8.43. The van der Waals surface area contributed by atoms with E-state index in [1.165, 1.54) is 19.2 Å². The van der Waals surface area contributed by atoms with Crippen LogP contribution in [0.1, 0.15) is 0 Å². The van der Waals surface area contributed by atoms with Crippen molar-refractivity contribution in [2.24, 2.45) is 0 Å². The lowest BCUT2D eigenvalue weighted by Crippen LogP contribution is -1.84. The highest BCUT2D eigenvalue weighted by atomic mass is 127. The molecule has 3 nitrogen and oxygen atoms in total. The lowest BCUT2D eigenvalue weighted by molar-refractivity contribution is 0.344. The monoisotopic (exact) mass is 266 g/mol. The molecular weight excluding hydrogens is 259 g/mol. The largest absolute Gasteiger partial charge is 0.504 e. The van der Waals surface area contributed by atoms with Crippen LogP contribution in [0.2, 0.25) is 0 Å². The van der Waals surface area contributed by atoms with E-state index in [9.17, 15) is 10.2 Å². The Bertz CT molecular complexity index is 249. The Morgan fingerprint density at radius 1 is 1.27 bits per heavy atom. The number of methoxy groups -OCH3 is 1. The molecule has 0 saturated carbocycles. The van der Waals surface area contributed by atoms with Crippen LogP contribution in [0.25, 0.3) is 0 Å². The highest BCUT2D eigenvalue weighted by Gasteiger charge is 2.07. The predicted molar refractivity (Wildman–Crippen MR) is 49.0 cm³/mol. The summed E-state index contributed by atoms with van der Waals surface area (Å²) >= 11 is 1.99. The minimum atomic E-state index is -0.0445. The van der Waals surface area contributed by atoms with Crippen LogP contribution < -0.4 is 4.74 Å². The van der Waals surface area contributed by atoms with Crippen LogP contribution in [0.4, 0.5) is 0 Å². The average Bonchev–Trinajstić information content (AvgIpc) is 1.85. The fourth-order valence-electron chi connectivity index (χ4n) is 0.774. The molecule has 11 heavy (non-hydrogen) atoms. The fraction of sp³-hybridized carbons (Fsp3) is 0.143. The standard InChI is InChI=1S/C7H7IO3/c1-11-7-5(9)2-4(8)3-6(7)10/h2-3,9-10H,1H3. The number of phenolic OH excluding ortho intramolecular Hbond substituents is 2. The predicted octanol–water partition coefficient (Wildman–Crippen LogP) is 1.71. The molecule has 4 heteroatoms. The van der Waals surface area contributed by atoms with Crippen molar-refractivity contribution >= 4 is 22.6 Å². The van der Waals surface area contributed by atoms with Gasteiger partial charge in [-0.25, -0.2) is 0 Å². The van der Waals surface area contributed by atoms with Crippen molar-refractivity contribution in [3.63, 3.8) is 0 Å². The zero-order valence-electron chi connectivity index (χ0n) is 5.84. The van der Waals surface area contributed by atoms with Gasteiger partial charge in [-0.3, -0.25) is 0 Å². The Balaban J connectivity index is 3.25. The third-order valence-electron chi connectivity index (χ3n) is 1.22. The summed E-state index contributed by atoms with van der Waals surface area (Å²) in [4.78, 5) is 0. The second-order valence-electron chi connectivity index (χ2n) is 1.98. The summed E-state index contributed by atoms with van der Waals surface area (Å²) in [6, 6.07) is 3.03. The molecule has 0 saturated heterocycles. The second kappa shape index (κ2) is 3.17. The molecule has 1 rings (SSSR count). The van der Waals surface area contributed by atoms with E-state index in [0.717, 1.165) is 3.57 Å².